The smallest absolute Gasteiger partial charge is 0.458 e. The highest BCUT2D eigenvalue weighted by Gasteiger charge is 2.60. The number of nitrogens with zero attached hydrogens (tertiary/aromatic N) is 1. The molecule has 1 N–H and O–H groups in total. The Kier molecular flexibility index (Phi) is 4.16. The molecule has 0 aliphatic rings. The lowest BCUT2D eigenvalue weighted by Gasteiger charge is -2.21. The van der Waals surface area contributed by atoms with Crippen molar-refractivity contribution < 1.29 is 27.1 Å². The number of phenols is 1. The first kappa shape index (κ1) is 15.9. The Morgan fingerprint density at radius 2 is 1.50 bits per heavy atom. The number of alkyl halides is 5. The molecule has 0 spiro atoms. The molecule has 2 nitrogen and oxygen atoms in total. The Balaban J connectivity index is 2.41. The summed E-state index contributed by atoms with van der Waals surface area (Å²) in [6.45, 7) is 0. The first-order chi connectivity index (χ1) is 10.2. The highest BCUT2D eigenvalue weighted by molar-refractivity contribution is 5.86. The Morgan fingerprint density at radius 3 is 2.09 bits per heavy atom. The predicted octanol–water partition coefficient (Wildman–Crippen LogP) is 4.80. The van der Waals surface area contributed by atoms with E-state index >= 15 is 0 Å². The van der Waals surface area contributed by atoms with Crippen LogP contribution in [0.15, 0.2) is 53.5 Å². The maximum atomic E-state index is 13.3. The van der Waals surface area contributed by atoms with Gasteiger partial charge in [0.15, 0.2) is 0 Å². The molecule has 22 heavy (non-hydrogen) atoms. The second-order valence-electron chi connectivity index (χ2n) is 4.41. The van der Waals surface area contributed by atoms with Crippen LogP contribution in [0.1, 0.15) is 11.1 Å². The summed E-state index contributed by atoms with van der Waals surface area (Å²) in [4.78, 5) is 3.91. The summed E-state index contributed by atoms with van der Waals surface area (Å²) in [6.07, 6.45) is -4.76. The van der Waals surface area contributed by atoms with Crippen LogP contribution in [-0.4, -0.2) is 17.5 Å². The third-order valence-corrected chi connectivity index (χ3v) is 2.87. The van der Waals surface area contributed by atoms with Gasteiger partial charge in [-0.25, -0.2) is 0 Å². The van der Waals surface area contributed by atoms with Gasteiger partial charge in [0.2, 0.25) is 0 Å². The average Bonchev–Trinajstić information content (AvgIpc) is 2.46. The molecule has 0 atom stereocenters. The van der Waals surface area contributed by atoms with Crippen molar-refractivity contribution in [3.8, 4) is 5.75 Å². The Labute approximate surface area is 122 Å². The first-order valence-electron chi connectivity index (χ1n) is 6.09. The summed E-state index contributed by atoms with van der Waals surface area (Å²) >= 11 is 0. The summed E-state index contributed by atoms with van der Waals surface area (Å²) in [5, 5.41) is 9.69. The number of para-hydroxylation sites is 2. The van der Waals surface area contributed by atoms with E-state index in [1.54, 1.807) is 30.3 Å². The summed E-state index contributed by atoms with van der Waals surface area (Å²) in [6, 6.07) is 11.0. The third kappa shape index (κ3) is 3.08. The topological polar surface area (TPSA) is 32.6 Å². The molecule has 0 unspecified atom stereocenters. The normalized spacial score (nSPS) is 12.8. The van der Waals surface area contributed by atoms with Gasteiger partial charge in [-0.3, -0.25) is 4.99 Å². The van der Waals surface area contributed by atoms with Crippen LogP contribution < -0.4 is 0 Å². The summed E-state index contributed by atoms with van der Waals surface area (Å²) in [5.74, 6) is -6.29. The lowest BCUT2D eigenvalue weighted by Crippen LogP contribution is -2.33. The number of hydrogen-bond acceptors (Lipinski definition) is 2. The molecule has 0 saturated carbocycles. The van der Waals surface area contributed by atoms with Crippen LogP contribution in [-0.2, 0) is 5.92 Å². The molecular formula is C15H10F5NO. The summed E-state index contributed by atoms with van der Waals surface area (Å²) in [5.41, 5.74) is -1.27. The van der Waals surface area contributed by atoms with Gasteiger partial charge < -0.3 is 5.11 Å². The number of benzene rings is 2. The van der Waals surface area contributed by atoms with E-state index in [0.717, 1.165) is 12.3 Å². The van der Waals surface area contributed by atoms with E-state index in [4.69, 9.17) is 0 Å². The number of hydrogen-bond donors (Lipinski definition) is 1. The molecule has 0 aromatic heterocycles. The van der Waals surface area contributed by atoms with Crippen molar-refractivity contribution in [1.29, 1.82) is 0 Å². The maximum Gasteiger partial charge on any atom is 0.458 e. The lowest BCUT2D eigenvalue weighted by atomic mass is 10.0. The third-order valence-electron chi connectivity index (χ3n) is 2.87. The van der Waals surface area contributed by atoms with Crippen LogP contribution in [0.4, 0.5) is 27.6 Å². The monoisotopic (exact) mass is 315 g/mol. The Hall–Kier alpha value is -2.44. The Bertz CT molecular complexity index is 680. The molecule has 7 heteroatoms. The van der Waals surface area contributed by atoms with Gasteiger partial charge in [-0.15, -0.1) is 0 Å². The molecule has 2 rings (SSSR count). The van der Waals surface area contributed by atoms with Crippen molar-refractivity contribution in [2.24, 2.45) is 4.99 Å². The van der Waals surface area contributed by atoms with Crippen LogP contribution >= 0.6 is 0 Å². The SMILES string of the molecule is Oc1c(/C=N/c2ccccc2)cccc1C(F)(F)C(F)(F)F. The fourth-order valence-corrected chi connectivity index (χ4v) is 1.73. The zero-order valence-corrected chi connectivity index (χ0v) is 11.0. The minimum atomic E-state index is -5.79. The zero-order chi connectivity index (χ0) is 16.4. The number of aliphatic imine (C=N–C) groups is 1. The summed E-state index contributed by atoms with van der Waals surface area (Å²) < 4.78 is 63.8. The fourth-order valence-electron chi connectivity index (χ4n) is 1.73. The Morgan fingerprint density at radius 1 is 0.864 bits per heavy atom. The lowest BCUT2D eigenvalue weighted by molar-refractivity contribution is -0.289. The molecule has 0 aliphatic heterocycles. The van der Waals surface area contributed by atoms with Crippen LogP contribution in [0, 0.1) is 0 Å². The van der Waals surface area contributed by atoms with Crippen LogP contribution in [0.2, 0.25) is 0 Å². The minimum Gasteiger partial charge on any atom is -0.507 e. The van der Waals surface area contributed by atoms with Gasteiger partial charge in [0, 0.05) is 11.8 Å². The number of phenolic OH excluding ortho intramolecular Hbond substituents is 1. The van der Waals surface area contributed by atoms with Gasteiger partial charge in [0.25, 0.3) is 0 Å². The van der Waals surface area contributed by atoms with Gasteiger partial charge in [-0.05, 0) is 24.3 Å². The average molecular weight is 315 g/mol. The van der Waals surface area contributed by atoms with E-state index in [2.05, 4.69) is 4.99 Å². The second-order valence-corrected chi connectivity index (χ2v) is 4.41. The molecule has 2 aromatic carbocycles. The van der Waals surface area contributed by atoms with Crippen LogP contribution in [0.25, 0.3) is 0 Å². The molecule has 0 saturated heterocycles. The van der Waals surface area contributed by atoms with Gasteiger partial charge >= 0.3 is 12.1 Å². The van der Waals surface area contributed by atoms with Gasteiger partial charge in [-0.1, -0.05) is 24.3 Å². The number of halogens is 5. The molecule has 2 aromatic rings. The first-order valence-corrected chi connectivity index (χ1v) is 6.09. The highest BCUT2D eigenvalue weighted by atomic mass is 19.4. The van der Waals surface area contributed by atoms with Crippen molar-refractivity contribution in [3.05, 3.63) is 59.7 Å². The fraction of sp³-hybridized carbons (Fsp3) is 0.133. The van der Waals surface area contributed by atoms with Gasteiger partial charge in [-0.2, -0.15) is 22.0 Å². The largest absolute Gasteiger partial charge is 0.507 e. The standard InChI is InChI=1S/C15H10F5NO/c16-14(17,15(18,19)20)12-8-4-5-10(13(12)22)9-21-11-6-2-1-3-7-11/h1-9,22H/b21-9+. The highest BCUT2D eigenvalue weighted by Crippen LogP contribution is 2.47. The molecule has 116 valence electrons. The maximum absolute atomic E-state index is 13.3. The van der Waals surface area contributed by atoms with Crippen molar-refractivity contribution in [3.63, 3.8) is 0 Å². The quantitative estimate of drug-likeness (QED) is 0.640. The van der Waals surface area contributed by atoms with E-state index in [1.165, 1.54) is 6.07 Å². The van der Waals surface area contributed by atoms with E-state index in [0.29, 0.717) is 11.8 Å². The molecule has 0 fully saturated rings. The van der Waals surface area contributed by atoms with Crippen molar-refractivity contribution in [1.82, 2.24) is 0 Å². The molecule has 0 bridgehead atoms. The molecular weight excluding hydrogens is 305 g/mol. The number of aromatic hydroxyl groups is 1. The number of rotatable bonds is 3. The van der Waals surface area contributed by atoms with Crippen molar-refractivity contribution >= 4 is 11.9 Å². The van der Waals surface area contributed by atoms with Crippen molar-refractivity contribution in [2.45, 2.75) is 12.1 Å². The van der Waals surface area contributed by atoms with E-state index in [9.17, 15) is 27.1 Å². The summed E-state index contributed by atoms with van der Waals surface area (Å²) in [7, 11) is 0. The zero-order valence-electron chi connectivity index (χ0n) is 11.0. The van der Waals surface area contributed by atoms with E-state index < -0.39 is 23.4 Å². The van der Waals surface area contributed by atoms with Gasteiger partial charge in [0.1, 0.15) is 5.75 Å². The van der Waals surface area contributed by atoms with Gasteiger partial charge in [0.05, 0.1) is 11.3 Å². The van der Waals surface area contributed by atoms with Crippen LogP contribution in [0.3, 0.4) is 0 Å². The van der Waals surface area contributed by atoms with E-state index in [-0.39, 0.29) is 5.56 Å². The molecule has 0 radical (unpaired) electrons. The van der Waals surface area contributed by atoms with Crippen molar-refractivity contribution in [2.75, 3.05) is 0 Å². The van der Waals surface area contributed by atoms with E-state index in [1.807, 2.05) is 0 Å². The molecule has 0 heterocycles. The molecule has 0 amide bonds. The molecule has 0 aliphatic carbocycles. The second kappa shape index (κ2) is 5.75. The minimum absolute atomic E-state index is 0.231. The predicted molar refractivity (Wildman–Crippen MR) is 71.8 cm³/mol. The van der Waals surface area contributed by atoms with Crippen LogP contribution in [0.5, 0.6) is 5.75 Å².